The number of hydrogen-bond acceptors (Lipinski definition) is 5. The molecule has 1 saturated heterocycles. The van der Waals surface area contributed by atoms with Crippen LogP contribution in [0.5, 0.6) is 0 Å². The van der Waals surface area contributed by atoms with Gasteiger partial charge in [-0.1, -0.05) is 31.7 Å². The number of likely N-dealkylation sites (tertiary alicyclic amines) is 1. The topological polar surface area (TPSA) is 78.0 Å². The van der Waals surface area contributed by atoms with Crippen molar-refractivity contribution in [3.63, 3.8) is 0 Å². The highest BCUT2D eigenvalue weighted by molar-refractivity contribution is 5.69. The lowest BCUT2D eigenvalue weighted by Gasteiger charge is -2.24. The van der Waals surface area contributed by atoms with Crippen molar-refractivity contribution in [3.05, 3.63) is 57.3 Å². The van der Waals surface area contributed by atoms with Crippen molar-refractivity contribution in [1.29, 1.82) is 0 Å². The van der Waals surface area contributed by atoms with Crippen molar-refractivity contribution in [2.24, 2.45) is 14.1 Å². The maximum absolute atomic E-state index is 12.5. The predicted molar refractivity (Wildman–Crippen MR) is 126 cm³/mol. The second-order valence-electron chi connectivity index (χ2n) is 8.92. The van der Waals surface area contributed by atoms with Gasteiger partial charge in [-0.2, -0.15) is 0 Å². The maximum Gasteiger partial charge on any atom is 0.332 e. The van der Waals surface area contributed by atoms with Crippen LogP contribution in [-0.2, 0) is 20.6 Å². The highest BCUT2D eigenvalue weighted by Crippen LogP contribution is 2.31. The molecule has 32 heavy (non-hydrogen) atoms. The molecule has 1 atom stereocenters. The summed E-state index contributed by atoms with van der Waals surface area (Å²) in [5.74, 6) is 0. The van der Waals surface area contributed by atoms with Crippen molar-refractivity contribution in [3.8, 4) is 0 Å². The number of aromatic nitrogens is 5. The van der Waals surface area contributed by atoms with Crippen molar-refractivity contribution in [1.82, 2.24) is 28.6 Å². The number of unbranched alkanes of at least 4 members (excludes halogenated alkanes) is 5. The molecule has 8 heteroatoms. The molecule has 4 heterocycles. The van der Waals surface area contributed by atoms with Gasteiger partial charge in [0.05, 0.1) is 6.33 Å². The van der Waals surface area contributed by atoms with Crippen LogP contribution in [0.2, 0.25) is 0 Å². The van der Waals surface area contributed by atoms with Gasteiger partial charge < -0.3 is 4.57 Å². The van der Waals surface area contributed by atoms with Crippen LogP contribution in [0.1, 0.15) is 63.0 Å². The monoisotopic (exact) mass is 438 g/mol. The number of nitrogens with zero attached hydrogens (tertiary/aromatic N) is 6. The number of pyridine rings is 1. The summed E-state index contributed by atoms with van der Waals surface area (Å²) in [4.78, 5) is 35.7. The summed E-state index contributed by atoms with van der Waals surface area (Å²) in [6.07, 6.45) is 15.1. The Labute approximate surface area is 188 Å². The van der Waals surface area contributed by atoms with Gasteiger partial charge in [0.15, 0.2) is 11.2 Å². The third-order valence-corrected chi connectivity index (χ3v) is 6.74. The average molecular weight is 439 g/mol. The van der Waals surface area contributed by atoms with E-state index >= 15 is 0 Å². The minimum absolute atomic E-state index is 0.271. The fourth-order valence-corrected chi connectivity index (χ4v) is 4.91. The Morgan fingerprint density at radius 1 is 1.00 bits per heavy atom. The molecule has 1 aliphatic heterocycles. The van der Waals surface area contributed by atoms with Crippen LogP contribution < -0.4 is 11.2 Å². The number of fused-ring (bicyclic) bond motifs is 1. The Morgan fingerprint density at radius 3 is 2.50 bits per heavy atom. The maximum atomic E-state index is 12.5. The number of imidazole rings is 1. The largest absolute Gasteiger partial charge is 0.332 e. The molecule has 0 saturated carbocycles. The van der Waals surface area contributed by atoms with Gasteiger partial charge in [0.2, 0.25) is 0 Å². The minimum Gasteiger partial charge on any atom is -0.325 e. The quantitative estimate of drug-likeness (QED) is 0.455. The number of hydrogen-bond donors (Lipinski definition) is 0. The van der Waals surface area contributed by atoms with Crippen LogP contribution in [0.15, 0.2) is 40.4 Å². The molecule has 0 N–H and O–H groups in total. The standard InChI is InChI=1S/C24H34N6O2/c1-27-22-21(23(31)28(2)24(27)32)30(18-26-22)15-8-6-4-3-5-7-14-29-16-10-12-20(29)19-11-9-13-25-17-19/h9,11,13,17-18,20H,3-8,10,12,14-16H2,1-2H3. The zero-order valence-electron chi connectivity index (χ0n) is 19.2. The first-order chi connectivity index (χ1) is 15.6. The summed E-state index contributed by atoms with van der Waals surface area (Å²) in [6.45, 7) is 3.12. The lowest BCUT2D eigenvalue weighted by atomic mass is 10.1. The molecular formula is C24H34N6O2. The summed E-state index contributed by atoms with van der Waals surface area (Å²) in [7, 11) is 3.17. The number of aryl methyl sites for hydroxylation is 2. The molecule has 0 aromatic carbocycles. The average Bonchev–Trinajstić information content (AvgIpc) is 3.46. The summed E-state index contributed by atoms with van der Waals surface area (Å²) in [6, 6.07) is 4.78. The van der Waals surface area contributed by atoms with Crippen molar-refractivity contribution in [2.75, 3.05) is 13.1 Å². The van der Waals surface area contributed by atoms with Crippen LogP contribution in [0.25, 0.3) is 11.2 Å². The van der Waals surface area contributed by atoms with Crippen LogP contribution in [0.4, 0.5) is 0 Å². The van der Waals surface area contributed by atoms with E-state index in [0.29, 0.717) is 17.2 Å². The van der Waals surface area contributed by atoms with Crippen LogP contribution in [-0.4, -0.2) is 41.7 Å². The predicted octanol–water partition coefficient (Wildman–Crippen LogP) is 3.01. The van der Waals surface area contributed by atoms with E-state index in [-0.39, 0.29) is 11.2 Å². The molecular weight excluding hydrogens is 404 g/mol. The van der Waals surface area contributed by atoms with Gasteiger partial charge >= 0.3 is 5.69 Å². The first-order valence-electron chi connectivity index (χ1n) is 11.8. The van der Waals surface area contributed by atoms with Crippen LogP contribution in [0, 0.1) is 0 Å². The Morgan fingerprint density at radius 2 is 1.75 bits per heavy atom. The normalized spacial score (nSPS) is 16.9. The molecule has 3 aromatic rings. The molecule has 0 spiro atoms. The molecule has 0 radical (unpaired) electrons. The third kappa shape index (κ3) is 4.70. The fourth-order valence-electron chi connectivity index (χ4n) is 4.91. The van der Waals surface area contributed by atoms with Crippen molar-refractivity contribution in [2.45, 2.75) is 64.0 Å². The van der Waals surface area contributed by atoms with Crippen molar-refractivity contribution >= 4 is 11.2 Å². The molecule has 8 nitrogen and oxygen atoms in total. The highest BCUT2D eigenvalue weighted by Gasteiger charge is 2.25. The second kappa shape index (κ2) is 10.3. The Kier molecular flexibility index (Phi) is 7.19. The summed E-state index contributed by atoms with van der Waals surface area (Å²) < 4.78 is 4.48. The van der Waals surface area contributed by atoms with E-state index in [1.165, 1.54) is 68.8 Å². The fraction of sp³-hybridized carbons (Fsp3) is 0.583. The molecule has 4 rings (SSSR count). The molecule has 172 valence electrons. The molecule has 0 amide bonds. The second-order valence-corrected chi connectivity index (χ2v) is 8.92. The Bertz CT molecular complexity index is 1150. The Hall–Kier alpha value is -2.74. The SMILES string of the molecule is Cn1c(=O)c2c(ncn2CCCCCCCCN2CCCC2c2cccnc2)n(C)c1=O. The Balaban J connectivity index is 1.17. The van der Waals surface area contributed by atoms with Gasteiger partial charge in [-0.15, -0.1) is 0 Å². The van der Waals surface area contributed by atoms with E-state index in [1.54, 1.807) is 13.4 Å². The van der Waals surface area contributed by atoms with Crippen molar-refractivity contribution < 1.29 is 0 Å². The summed E-state index contributed by atoms with van der Waals surface area (Å²) >= 11 is 0. The molecule has 1 aliphatic rings. The molecule has 1 fully saturated rings. The molecule has 1 unspecified atom stereocenters. The summed E-state index contributed by atoms with van der Waals surface area (Å²) in [5, 5.41) is 0. The van der Waals surface area contributed by atoms with Gasteiger partial charge in [0.1, 0.15) is 0 Å². The molecule has 3 aromatic heterocycles. The minimum atomic E-state index is -0.339. The zero-order chi connectivity index (χ0) is 22.5. The van der Waals surface area contributed by atoms with Crippen LogP contribution in [0.3, 0.4) is 0 Å². The van der Waals surface area contributed by atoms with Gasteiger partial charge in [0.25, 0.3) is 5.56 Å². The van der Waals surface area contributed by atoms with E-state index < -0.39 is 0 Å². The first kappa shape index (κ1) is 22.5. The zero-order valence-corrected chi connectivity index (χ0v) is 19.2. The van der Waals surface area contributed by atoms with Gasteiger partial charge in [-0.05, 0) is 50.4 Å². The van der Waals surface area contributed by atoms with E-state index in [4.69, 9.17) is 0 Å². The number of rotatable bonds is 10. The molecule has 0 aliphatic carbocycles. The van der Waals surface area contributed by atoms with Crippen LogP contribution >= 0.6 is 0 Å². The van der Waals surface area contributed by atoms with Gasteiger partial charge in [-0.25, -0.2) is 9.78 Å². The highest BCUT2D eigenvalue weighted by atomic mass is 16.2. The molecule has 0 bridgehead atoms. The smallest absolute Gasteiger partial charge is 0.325 e. The first-order valence-corrected chi connectivity index (χ1v) is 11.8. The lowest BCUT2D eigenvalue weighted by molar-refractivity contribution is 0.250. The lowest BCUT2D eigenvalue weighted by Crippen LogP contribution is -2.37. The van der Waals surface area contributed by atoms with E-state index in [1.807, 2.05) is 23.0 Å². The third-order valence-electron chi connectivity index (χ3n) is 6.74. The van der Waals surface area contributed by atoms with E-state index in [2.05, 4.69) is 20.9 Å². The summed E-state index contributed by atoms with van der Waals surface area (Å²) in [5.41, 5.74) is 1.72. The van der Waals surface area contributed by atoms with Gasteiger partial charge in [-0.3, -0.25) is 23.8 Å². The van der Waals surface area contributed by atoms with Gasteiger partial charge in [0, 0.05) is 39.1 Å². The van der Waals surface area contributed by atoms with E-state index in [9.17, 15) is 9.59 Å². The van der Waals surface area contributed by atoms with E-state index in [0.717, 1.165) is 24.0 Å².